The molecule has 0 fully saturated rings. The summed E-state index contributed by atoms with van der Waals surface area (Å²) in [5.41, 5.74) is 0. The van der Waals surface area contributed by atoms with E-state index in [-0.39, 0.29) is 25.9 Å². The molecule has 2 N–H and O–H groups in total. The molecule has 0 rings (SSSR count). The highest BCUT2D eigenvalue weighted by molar-refractivity contribution is 7.47. The summed E-state index contributed by atoms with van der Waals surface area (Å²) < 4.78 is 39.4. The van der Waals surface area contributed by atoms with E-state index in [0.717, 1.165) is 128 Å². The fourth-order valence-corrected chi connectivity index (χ4v) is 7.85. The molecular formula is C58H99O11P. The molecule has 0 amide bonds. The van der Waals surface area contributed by atoms with Gasteiger partial charge in [-0.1, -0.05) is 183 Å². The van der Waals surface area contributed by atoms with Crippen molar-refractivity contribution in [3.05, 3.63) is 85.1 Å². The molecule has 11 nitrogen and oxygen atoms in total. The van der Waals surface area contributed by atoms with Crippen LogP contribution in [0.1, 0.15) is 226 Å². The number of hydrogen-bond acceptors (Lipinski definition) is 10. The Morgan fingerprint density at radius 1 is 0.414 bits per heavy atom. The number of hydrogen-bond donors (Lipinski definition) is 2. The maximum Gasteiger partial charge on any atom is 0.472 e. The van der Waals surface area contributed by atoms with Gasteiger partial charge in [0.15, 0.2) is 6.10 Å². The number of aliphatic hydroxyl groups excluding tert-OH is 1. The van der Waals surface area contributed by atoms with Gasteiger partial charge in [0.25, 0.3) is 0 Å². The molecule has 0 radical (unpaired) electrons. The Labute approximate surface area is 426 Å². The molecule has 0 spiro atoms. The van der Waals surface area contributed by atoms with Gasteiger partial charge in [0.2, 0.25) is 0 Å². The number of aliphatic hydroxyl groups is 1. The second-order valence-electron chi connectivity index (χ2n) is 18.0. The van der Waals surface area contributed by atoms with E-state index in [9.17, 15) is 28.9 Å². The van der Waals surface area contributed by atoms with E-state index in [4.69, 9.17) is 23.3 Å². The molecule has 12 heteroatoms. The second-order valence-corrected chi connectivity index (χ2v) is 19.5. The third-order valence-corrected chi connectivity index (χ3v) is 12.2. The van der Waals surface area contributed by atoms with Crippen LogP contribution >= 0.6 is 7.82 Å². The van der Waals surface area contributed by atoms with Gasteiger partial charge >= 0.3 is 25.7 Å². The topological polar surface area (TPSA) is 155 Å². The first-order valence-corrected chi connectivity index (χ1v) is 29.0. The monoisotopic (exact) mass is 1000 g/mol. The summed E-state index contributed by atoms with van der Waals surface area (Å²) in [6.45, 7) is 4.39. The van der Waals surface area contributed by atoms with E-state index < -0.39 is 57.8 Å². The van der Waals surface area contributed by atoms with Crippen LogP contribution in [0, 0.1) is 0 Å². The lowest BCUT2D eigenvalue weighted by Gasteiger charge is -2.21. The fraction of sp³-hybridized carbons (Fsp3) is 0.707. The maximum absolute atomic E-state index is 12.9. The van der Waals surface area contributed by atoms with Crippen molar-refractivity contribution >= 4 is 25.7 Å². The number of unbranched alkanes of at least 4 members (excludes halogenated alkanes) is 19. The van der Waals surface area contributed by atoms with Crippen molar-refractivity contribution < 1.29 is 52.2 Å². The molecule has 3 atom stereocenters. The molecule has 0 heterocycles. The Bertz CT molecular complexity index is 1500. The van der Waals surface area contributed by atoms with Crippen LogP contribution < -0.4 is 0 Å². The molecule has 402 valence electrons. The highest BCUT2D eigenvalue weighted by Crippen LogP contribution is 2.43. The lowest BCUT2D eigenvalue weighted by molar-refractivity contribution is -0.161. The number of esters is 3. The standard InChI is InChI=1S/C58H99O11P/c1-4-7-10-13-16-19-22-24-25-26-27-28-29-31-33-35-38-41-44-47-56(60)65-51-55(69-58(62)49-46-43-40-37-34-30-23-20-17-14-11-8-5-2)53-67-70(63,64)66-52-54(50-59)68-57(61)48-45-42-39-36-32-21-18-15-12-9-6-3/h8,11,15-20,24-25,27-28,30,34,54-55,59H,4-7,9-10,12-14,21-23,26,29,31-33,35-53H2,1-3H3,(H,63,64)/b11-8-,18-15-,19-16-,20-17-,25-24-,28-27-,34-30-. The van der Waals surface area contributed by atoms with E-state index in [2.05, 4.69) is 106 Å². The number of carbonyl (C=O) groups excluding carboxylic acids is 3. The summed E-state index contributed by atoms with van der Waals surface area (Å²) >= 11 is 0. The van der Waals surface area contributed by atoms with Crippen molar-refractivity contribution in [3.63, 3.8) is 0 Å². The third-order valence-electron chi connectivity index (χ3n) is 11.3. The van der Waals surface area contributed by atoms with E-state index in [0.29, 0.717) is 19.3 Å². The zero-order valence-corrected chi connectivity index (χ0v) is 45.1. The Kier molecular flexibility index (Phi) is 49.5. The zero-order valence-electron chi connectivity index (χ0n) is 44.2. The molecule has 0 aliphatic carbocycles. The van der Waals surface area contributed by atoms with Crippen molar-refractivity contribution in [3.8, 4) is 0 Å². The molecule has 0 aliphatic heterocycles. The number of rotatable bonds is 50. The lowest BCUT2D eigenvalue weighted by Crippen LogP contribution is -2.30. The van der Waals surface area contributed by atoms with Gasteiger partial charge in [-0.3, -0.25) is 23.4 Å². The SMILES string of the molecule is CC/C=C\C/C=C\C/C=C\CCCCCC(=O)OC(COC(=O)CCCCCCCC/C=C\C/C=C\C/C=C\CCCCC)COP(=O)(O)OCC(CO)OC(=O)CCCCCCC/C=C\CCCC. The van der Waals surface area contributed by atoms with Crippen LogP contribution in [0.25, 0.3) is 0 Å². The summed E-state index contributed by atoms with van der Waals surface area (Å²) in [6, 6.07) is 0. The molecule has 0 saturated heterocycles. The Balaban J connectivity index is 4.77. The Morgan fingerprint density at radius 2 is 0.757 bits per heavy atom. The summed E-state index contributed by atoms with van der Waals surface area (Å²) in [5, 5.41) is 9.77. The van der Waals surface area contributed by atoms with Crippen LogP contribution in [-0.4, -0.2) is 66.5 Å². The van der Waals surface area contributed by atoms with Gasteiger partial charge in [-0.05, 0) is 109 Å². The van der Waals surface area contributed by atoms with Crippen molar-refractivity contribution in [2.24, 2.45) is 0 Å². The molecule has 0 aromatic carbocycles. The van der Waals surface area contributed by atoms with Crippen LogP contribution in [0.15, 0.2) is 85.1 Å². The van der Waals surface area contributed by atoms with Gasteiger partial charge in [0.05, 0.1) is 19.8 Å². The molecule has 0 aliphatic rings. The van der Waals surface area contributed by atoms with Gasteiger partial charge in [0.1, 0.15) is 12.7 Å². The van der Waals surface area contributed by atoms with E-state index in [1.807, 2.05) is 0 Å². The first-order valence-electron chi connectivity index (χ1n) is 27.5. The maximum atomic E-state index is 12.9. The average Bonchev–Trinajstić information content (AvgIpc) is 3.35. The average molecular weight is 1000 g/mol. The van der Waals surface area contributed by atoms with Crippen LogP contribution in [-0.2, 0) is 42.2 Å². The predicted octanol–water partition coefficient (Wildman–Crippen LogP) is 15.9. The molecule has 70 heavy (non-hydrogen) atoms. The number of carbonyl (C=O) groups is 3. The first-order chi connectivity index (χ1) is 34.2. The minimum absolute atomic E-state index is 0.126. The van der Waals surface area contributed by atoms with Crippen molar-refractivity contribution in [2.45, 2.75) is 238 Å². The highest BCUT2D eigenvalue weighted by Gasteiger charge is 2.28. The quantitative estimate of drug-likeness (QED) is 0.0197. The first kappa shape index (κ1) is 66.7. The lowest BCUT2D eigenvalue weighted by atomic mass is 10.1. The minimum atomic E-state index is -4.76. The fourth-order valence-electron chi connectivity index (χ4n) is 7.06. The summed E-state index contributed by atoms with van der Waals surface area (Å²) in [4.78, 5) is 48.4. The van der Waals surface area contributed by atoms with Gasteiger partial charge in [0, 0.05) is 19.3 Å². The number of phosphoric ester groups is 1. The van der Waals surface area contributed by atoms with Crippen LogP contribution in [0.4, 0.5) is 0 Å². The van der Waals surface area contributed by atoms with Gasteiger partial charge in [-0.15, -0.1) is 0 Å². The predicted molar refractivity (Wildman–Crippen MR) is 288 cm³/mol. The van der Waals surface area contributed by atoms with Crippen molar-refractivity contribution in [1.82, 2.24) is 0 Å². The smallest absolute Gasteiger partial charge is 0.462 e. The summed E-state index contributed by atoms with van der Waals surface area (Å²) in [5.74, 6) is -1.53. The Morgan fingerprint density at radius 3 is 1.21 bits per heavy atom. The van der Waals surface area contributed by atoms with Crippen molar-refractivity contribution in [1.29, 1.82) is 0 Å². The van der Waals surface area contributed by atoms with Crippen LogP contribution in [0.5, 0.6) is 0 Å². The van der Waals surface area contributed by atoms with Crippen LogP contribution in [0.2, 0.25) is 0 Å². The normalized spacial score (nSPS) is 14.1. The summed E-state index contributed by atoms with van der Waals surface area (Å²) in [7, 11) is -4.76. The van der Waals surface area contributed by atoms with Crippen LogP contribution in [0.3, 0.4) is 0 Å². The number of allylic oxidation sites excluding steroid dienone is 14. The molecule has 0 saturated carbocycles. The van der Waals surface area contributed by atoms with Gasteiger partial charge in [-0.2, -0.15) is 0 Å². The third kappa shape index (κ3) is 49.6. The molecule has 0 aromatic heterocycles. The van der Waals surface area contributed by atoms with Gasteiger partial charge < -0.3 is 24.2 Å². The zero-order chi connectivity index (χ0) is 51.3. The highest BCUT2D eigenvalue weighted by atomic mass is 31.2. The Hall–Kier alpha value is -3.34. The number of ether oxygens (including phenoxy) is 3. The minimum Gasteiger partial charge on any atom is -0.462 e. The van der Waals surface area contributed by atoms with E-state index in [1.54, 1.807) is 0 Å². The molecule has 3 unspecified atom stereocenters. The number of phosphoric acid groups is 1. The molecule has 0 aromatic rings. The molecule has 0 bridgehead atoms. The van der Waals surface area contributed by atoms with Gasteiger partial charge in [-0.25, -0.2) is 4.57 Å². The largest absolute Gasteiger partial charge is 0.472 e. The van der Waals surface area contributed by atoms with Crippen molar-refractivity contribution in [2.75, 3.05) is 26.4 Å². The molecular weight excluding hydrogens is 904 g/mol. The summed E-state index contributed by atoms with van der Waals surface area (Å²) in [6.07, 6.45) is 58.4. The van der Waals surface area contributed by atoms with E-state index in [1.165, 1.54) is 38.5 Å². The van der Waals surface area contributed by atoms with E-state index >= 15 is 0 Å². The second kappa shape index (κ2) is 52.0.